The predicted molar refractivity (Wildman–Crippen MR) is 120 cm³/mol. The highest BCUT2D eigenvalue weighted by molar-refractivity contribution is 7.85. The van der Waals surface area contributed by atoms with Gasteiger partial charge in [0.05, 0.1) is 47.9 Å². The number of imidazole rings is 1. The van der Waals surface area contributed by atoms with Gasteiger partial charge in [-0.05, 0) is 32.0 Å². The van der Waals surface area contributed by atoms with Crippen LogP contribution in [0.4, 0.5) is 13.2 Å². The van der Waals surface area contributed by atoms with Gasteiger partial charge in [-0.2, -0.15) is 31.9 Å². The van der Waals surface area contributed by atoms with Crippen molar-refractivity contribution in [2.45, 2.75) is 38.2 Å². The van der Waals surface area contributed by atoms with Crippen molar-refractivity contribution in [2.75, 3.05) is 12.8 Å². The molecule has 15 heteroatoms. The van der Waals surface area contributed by atoms with Crippen LogP contribution in [0.5, 0.6) is 0 Å². The van der Waals surface area contributed by atoms with Crippen molar-refractivity contribution < 1.29 is 36.0 Å². The molecule has 36 heavy (non-hydrogen) atoms. The Morgan fingerprint density at radius 1 is 1.31 bits per heavy atom. The molecule has 2 N–H and O–H groups in total. The number of aryl methyl sites for hydroxylation is 1. The summed E-state index contributed by atoms with van der Waals surface area (Å²) >= 11 is 0. The van der Waals surface area contributed by atoms with Gasteiger partial charge < -0.3 is 14.6 Å². The Balaban J connectivity index is 0.000000658. The maximum absolute atomic E-state index is 13.3. The second-order valence-corrected chi connectivity index (χ2v) is 10.1. The summed E-state index contributed by atoms with van der Waals surface area (Å²) in [4.78, 5) is 18.7. The van der Waals surface area contributed by atoms with E-state index in [1.54, 1.807) is 32.2 Å². The largest absolute Gasteiger partial charge is 0.424 e. The Hall–Kier alpha value is -3.48. The molecule has 11 nitrogen and oxygen atoms in total. The van der Waals surface area contributed by atoms with Crippen LogP contribution >= 0.6 is 0 Å². The molecular formula is C21H23F3N6O5S. The van der Waals surface area contributed by atoms with Gasteiger partial charge >= 0.3 is 6.18 Å². The molecule has 3 heterocycles. The number of amides is 1. The minimum atomic E-state index is -4.89. The van der Waals surface area contributed by atoms with E-state index in [1.165, 1.54) is 20.3 Å². The first-order chi connectivity index (χ1) is 16.5. The van der Waals surface area contributed by atoms with Gasteiger partial charge in [0.25, 0.3) is 16.0 Å². The van der Waals surface area contributed by atoms with Crippen LogP contribution in [0.2, 0.25) is 0 Å². The van der Waals surface area contributed by atoms with Crippen LogP contribution in [-0.2, 0) is 29.3 Å². The van der Waals surface area contributed by atoms with Crippen molar-refractivity contribution in [3.8, 4) is 6.07 Å². The summed E-state index contributed by atoms with van der Waals surface area (Å²) in [6.45, 7) is 2.50. The zero-order valence-corrected chi connectivity index (χ0v) is 20.5. The van der Waals surface area contributed by atoms with Gasteiger partial charge in [0, 0.05) is 19.0 Å². The lowest BCUT2D eigenvalue weighted by Crippen LogP contribution is -2.46. The van der Waals surface area contributed by atoms with Crippen molar-refractivity contribution in [2.24, 2.45) is 7.05 Å². The van der Waals surface area contributed by atoms with E-state index in [-0.39, 0.29) is 19.0 Å². The third-order valence-corrected chi connectivity index (χ3v) is 5.59. The second kappa shape index (κ2) is 9.19. The van der Waals surface area contributed by atoms with Crippen LogP contribution in [0.25, 0.3) is 10.9 Å². The molecule has 194 valence electrons. The predicted octanol–water partition coefficient (Wildman–Crippen LogP) is 2.13. The van der Waals surface area contributed by atoms with Crippen LogP contribution in [-0.4, -0.2) is 67.2 Å². The van der Waals surface area contributed by atoms with Crippen LogP contribution in [0.1, 0.15) is 47.5 Å². The SMILES string of the molecule is CC1CN(C(=O)c2c3ccc(C#N)cc3nn2C)Cc2cnc(C(C)(O)C(F)(F)F)n21.CS(=O)(=O)O. The van der Waals surface area contributed by atoms with Crippen LogP contribution < -0.4 is 0 Å². The molecule has 3 aromatic rings. The normalized spacial score (nSPS) is 17.6. The van der Waals surface area contributed by atoms with Crippen molar-refractivity contribution >= 4 is 26.9 Å². The standard InChI is InChI=1S/C20H19F3N6O2.CH4O3S/c1-11-9-28(10-13-8-25-18(29(11)13)19(2,31)20(21,22)23)17(30)16-14-5-4-12(7-24)6-15(14)26-27(16)3;1-5(2,3)4/h4-6,8,11,31H,9-10H2,1-3H3;1H3,(H,2,3,4). The second-order valence-electron chi connectivity index (χ2n) is 8.60. The Morgan fingerprint density at radius 3 is 2.47 bits per heavy atom. The molecule has 2 unspecified atom stereocenters. The monoisotopic (exact) mass is 528 g/mol. The number of carbonyl (C=O) groups is 1. The molecule has 1 amide bonds. The fourth-order valence-electron chi connectivity index (χ4n) is 3.98. The van der Waals surface area contributed by atoms with E-state index in [9.17, 15) is 31.5 Å². The fraction of sp³-hybridized carbons (Fsp3) is 0.429. The quantitative estimate of drug-likeness (QED) is 0.480. The fourth-order valence-corrected chi connectivity index (χ4v) is 3.98. The number of aromatic nitrogens is 4. The highest BCUT2D eigenvalue weighted by Gasteiger charge is 2.55. The summed E-state index contributed by atoms with van der Waals surface area (Å²) < 4.78 is 68.6. The van der Waals surface area contributed by atoms with Crippen LogP contribution in [0, 0.1) is 11.3 Å². The number of nitriles is 1. The number of alkyl halides is 3. The number of nitrogens with zero attached hydrogens (tertiary/aromatic N) is 6. The minimum Gasteiger partial charge on any atom is -0.374 e. The Kier molecular flexibility index (Phi) is 6.92. The summed E-state index contributed by atoms with van der Waals surface area (Å²) in [7, 11) is -2.05. The Labute approximate surface area is 204 Å². The van der Waals surface area contributed by atoms with Crippen LogP contribution in [0.15, 0.2) is 24.4 Å². The van der Waals surface area contributed by atoms with Crippen molar-refractivity contribution in [3.05, 3.63) is 47.2 Å². The maximum Gasteiger partial charge on any atom is 0.424 e. The van der Waals surface area contributed by atoms with Crippen molar-refractivity contribution in [1.29, 1.82) is 5.26 Å². The highest BCUT2D eigenvalue weighted by Crippen LogP contribution is 2.40. The van der Waals surface area contributed by atoms with Crippen molar-refractivity contribution in [1.82, 2.24) is 24.2 Å². The molecule has 0 bridgehead atoms. The summed E-state index contributed by atoms with van der Waals surface area (Å²) in [5.41, 5.74) is -1.47. The van der Waals surface area contributed by atoms with Crippen molar-refractivity contribution in [3.63, 3.8) is 0 Å². The van der Waals surface area contributed by atoms with Gasteiger partial charge in [0.1, 0.15) is 5.69 Å². The zero-order valence-electron chi connectivity index (χ0n) is 19.6. The summed E-state index contributed by atoms with van der Waals surface area (Å²) in [6, 6.07) is 6.33. The average molecular weight is 529 g/mol. The summed E-state index contributed by atoms with van der Waals surface area (Å²) in [5.74, 6) is -0.831. The number of aliphatic hydroxyl groups is 1. The molecule has 2 atom stereocenters. The average Bonchev–Trinajstić information content (AvgIpc) is 3.31. The molecule has 0 saturated heterocycles. The molecule has 0 spiro atoms. The molecule has 2 aromatic heterocycles. The molecule has 0 saturated carbocycles. The lowest BCUT2D eigenvalue weighted by atomic mass is 10.0. The minimum absolute atomic E-state index is 0.0348. The highest BCUT2D eigenvalue weighted by atomic mass is 32.2. The molecule has 1 aromatic carbocycles. The molecular weight excluding hydrogens is 505 g/mol. The topological polar surface area (TPSA) is 154 Å². The van der Waals surface area contributed by atoms with Gasteiger partial charge in [-0.25, -0.2) is 4.98 Å². The number of carbonyl (C=O) groups excluding carboxylic acids is 1. The number of hydrogen-bond acceptors (Lipinski definition) is 7. The van der Waals surface area contributed by atoms with Gasteiger partial charge in [0.15, 0.2) is 5.82 Å². The number of fused-ring (bicyclic) bond motifs is 2. The Morgan fingerprint density at radius 2 is 1.92 bits per heavy atom. The number of hydrogen-bond donors (Lipinski definition) is 2. The first kappa shape index (κ1) is 27.1. The molecule has 1 aliphatic heterocycles. The van der Waals surface area contributed by atoms with E-state index in [0.717, 1.165) is 0 Å². The van der Waals surface area contributed by atoms with Gasteiger partial charge in [-0.15, -0.1) is 0 Å². The first-order valence-corrected chi connectivity index (χ1v) is 12.2. The maximum atomic E-state index is 13.3. The van der Waals surface area contributed by atoms with E-state index in [4.69, 9.17) is 9.81 Å². The lowest BCUT2D eigenvalue weighted by molar-refractivity contribution is -0.263. The molecule has 0 fully saturated rings. The van der Waals surface area contributed by atoms with E-state index in [2.05, 4.69) is 10.1 Å². The van der Waals surface area contributed by atoms with E-state index in [1.807, 2.05) is 6.07 Å². The van der Waals surface area contributed by atoms with E-state index >= 15 is 0 Å². The Bertz CT molecular complexity index is 1460. The van der Waals surface area contributed by atoms with Gasteiger partial charge in [-0.1, -0.05) is 0 Å². The smallest absolute Gasteiger partial charge is 0.374 e. The third kappa shape index (κ3) is 5.20. The number of halogens is 3. The number of rotatable bonds is 2. The van der Waals surface area contributed by atoms with Gasteiger partial charge in [0.2, 0.25) is 5.60 Å². The molecule has 4 rings (SSSR count). The van der Waals surface area contributed by atoms with Crippen LogP contribution in [0.3, 0.4) is 0 Å². The van der Waals surface area contributed by atoms with E-state index < -0.39 is 33.8 Å². The zero-order chi connectivity index (χ0) is 27.2. The van der Waals surface area contributed by atoms with E-state index in [0.29, 0.717) is 41.0 Å². The van der Waals surface area contributed by atoms with Gasteiger partial charge in [-0.3, -0.25) is 14.0 Å². The number of benzene rings is 1. The lowest BCUT2D eigenvalue weighted by Gasteiger charge is -2.36. The summed E-state index contributed by atoms with van der Waals surface area (Å²) in [5, 5.41) is 24.0. The molecule has 0 radical (unpaired) electrons. The molecule has 1 aliphatic rings. The summed E-state index contributed by atoms with van der Waals surface area (Å²) in [6.07, 6.45) is -2.92. The third-order valence-electron chi connectivity index (χ3n) is 5.59. The first-order valence-electron chi connectivity index (χ1n) is 10.4. The molecule has 0 aliphatic carbocycles.